The Bertz CT molecular complexity index is 600. The summed E-state index contributed by atoms with van der Waals surface area (Å²) in [7, 11) is 0. The van der Waals surface area contributed by atoms with Crippen LogP contribution < -0.4 is 11.1 Å². The van der Waals surface area contributed by atoms with Gasteiger partial charge in [-0.25, -0.2) is 4.98 Å². The molecule has 6 nitrogen and oxygen atoms in total. The Kier molecular flexibility index (Phi) is 3.70. The highest BCUT2D eigenvalue weighted by molar-refractivity contribution is 5.98. The van der Waals surface area contributed by atoms with Gasteiger partial charge in [0.15, 0.2) is 5.82 Å². The lowest BCUT2D eigenvalue weighted by Gasteiger charge is -2.31. The molecule has 1 saturated carbocycles. The van der Waals surface area contributed by atoms with E-state index in [0.717, 1.165) is 43.4 Å². The SMILES string of the molecule is NC1(C(=O)Nc2ccc(-c3ncn[nH]3)cc2)CCCCC1. The first-order valence-electron chi connectivity index (χ1n) is 7.23. The van der Waals surface area contributed by atoms with Crippen LogP contribution in [0.15, 0.2) is 30.6 Å². The average Bonchev–Trinajstić information content (AvgIpc) is 3.03. The van der Waals surface area contributed by atoms with E-state index in [2.05, 4.69) is 20.5 Å². The lowest BCUT2D eigenvalue weighted by atomic mass is 9.82. The first kappa shape index (κ1) is 13.8. The normalized spacial score (nSPS) is 17.4. The fourth-order valence-corrected chi connectivity index (χ4v) is 2.72. The predicted molar refractivity (Wildman–Crippen MR) is 80.5 cm³/mol. The number of nitrogens with two attached hydrogens (primary N) is 1. The molecule has 4 N–H and O–H groups in total. The van der Waals surface area contributed by atoms with Crippen LogP contribution in [0.2, 0.25) is 0 Å². The molecule has 0 aliphatic heterocycles. The Morgan fingerprint density at radius 2 is 1.90 bits per heavy atom. The van der Waals surface area contributed by atoms with E-state index in [1.165, 1.54) is 6.33 Å². The molecule has 0 unspecified atom stereocenters. The van der Waals surface area contributed by atoms with Crippen LogP contribution in [0.5, 0.6) is 0 Å². The zero-order valence-electron chi connectivity index (χ0n) is 11.8. The molecule has 1 fully saturated rings. The van der Waals surface area contributed by atoms with Gasteiger partial charge in [-0.2, -0.15) is 5.10 Å². The third kappa shape index (κ3) is 2.95. The molecular formula is C15H19N5O. The predicted octanol–water partition coefficient (Wildman–Crippen LogP) is 2.07. The molecule has 21 heavy (non-hydrogen) atoms. The molecule has 0 bridgehead atoms. The van der Waals surface area contributed by atoms with Crippen molar-refractivity contribution in [1.29, 1.82) is 0 Å². The summed E-state index contributed by atoms with van der Waals surface area (Å²) in [6.07, 6.45) is 6.19. The van der Waals surface area contributed by atoms with Crippen molar-refractivity contribution in [2.75, 3.05) is 5.32 Å². The molecule has 1 aromatic carbocycles. The van der Waals surface area contributed by atoms with Gasteiger partial charge in [-0.05, 0) is 37.1 Å². The minimum Gasteiger partial charge on any atom is -0.324 e. The van der Waals surface area contributed by atoms with Crippen molar-refractivity contribution in [3.63, 3.8) is 0 Å². The van der Waals surface area contributed by atoms with Gasteiger partial charge in [0.1, 0.15) is 6.33 Å². The van der Waals surface area contributed by atoms with Gasteiger partial charge in [-0.3, -0.25) is 9.89 Å². The van der Waals surface area contributed by atoms with Crippen LogP contribution in [-0.2, 0) is 4.79 Å². The van der Waals surface area contributed by atoms with E-state index in [-0.39, 0.29) is 5.91 Å². The molecule has 0 spiro atoms. The number of carbonyl (C=O) groups is 1. The lowest BCUT2D eigenvalue weighted by molar-refractivity contribution is -0.122. The first-order chi connectivity index (χ1) is 10.2. The summed E-state index contributed by atoms with van der Waals surface area (Å²) in [4.78, 5) is 16.4. The number of nitrogens with one attached hydrogen (secondary N) is 2. The molecule has 1 aliphatic carbocycles. The van der Waals surface area contributed by atoms with Gasteiger partial charge in [0, 0.05) is 11.3 Å². The number of carbonyl (C=O) groups excluding carboxylic acids is 1. The fourth-order valence-electron chi connectivity index (χ4n) is 2.72. The van der Waals surface area contributed by atoms with Gasteiger partial charge < -0.3 is 11.1 Å². The van der Waals surface area contributed by atoms with Gasteiger partial charge in [0.05, 0.1) is 5.54 Å². The van der Waals surface area contributed by atoms with Crippen molar-refractivity contribution in [2.24, 2.45) is 5.73 Å². The molecule has 1 aliphatic rings. The van der Waals surface area contributed by atoms with Gasteiger partial charge in [0.2, 0.25) is 5.91 Å². The Morgan fingerprint density at radius 3 is 2.52 bits per heavy atom. The summed E-state index contributed by atoms with van der Waals surface area (Å²) in [6.45, 7) is 0. The number of benzene rings is 1. The van der Waals surface area contributed by atoms with Gasteiger partial charge in [-0.15, -0.1) is 0 Å². The highest BCUT2D eigenvalue weighted by Gasteiger charge is 2.35. The molecule has 1 heterocycles. The molecule has 0 atom stereocenters. The van der Waals surface area contributed by atoms with Crippen LogP contribution in [0.3, 0.4) is 0 Å². The second-order valence-electron chi connectivity index (χ2n) is 5.58. The summed E-state index contributed by atoms with van der Waals surface area (Å²) in [5.41, 5.74) is 7.17. The van der Waals surface area contributed by atoms with E-state index in [1.54, 1.807) is 0 Å². The third-order valence-corrected chi connectivity index (χ3v) is 4.03. The highest BCUT2D eigenvalue weighted by Crippen LogP contribution is 2.27. The summed E-state index contributed by atoms with van der Waals surface area (Å²) >= 11 is 0. The van der Waals surface area contributed by atoms with Crippen molar-refractivity contribution in [1.82, 2.24) is 15.2 Å². The zero-order valence-corrected chi connectivity index (χ0v) is 11.8. The molecule has 3 rings (SSSR count). The number of rotatable bonds is 3. The first-order valence-corrected chi connectivity index (χ1v) is 7.23. The van der Waals surface area contributed by atoms with Crippen LogP contribution in [0, 0.1) is 0 Å². The summed E-state index contributed by atoms with van der Waals surface area (Å²) in [5.74, 6) is 0.616. The molecule has 1 amide bonds. The van der Waals surface area contributed by atoms with Crippen molar-refractivity contribution in [3.8, 4) is 11.4 Å². The second kappa shape index (κ2) is 5.65. The number of nitrogens with zero attached hydrogens (tertiary/aromatic N) is 2. The molecular weight excluding hydrogens is 266 g/mol. The monoisotopic (exact) mass is 285 g/mol. The van der Waals surface area contributed by atoms with Crippen molar-refractivity contribution < 1.29 is 4.79 Å². The number of H-pyrrole nitrogens is 1. The van der Waals surface area contributed by atoms with E-state index in [9.17, 15) is 4.79 Å². The molecule has 1 aromatic heterocycles. The van der Waals surface area contributed by atoms with Crippen LogP contribution in [0.1, 0.15) is 32.1 Å². The topological polar surface area (TPSA) is 96.7 Å². The highest BCUT2D eigenvalue weighted by atomic mass is 16.2. The molecule has 110 valence electrons. The number of aromatic nitrogens is 3. The van der Waals surface area contributed by atoms with Crippen molar-refractivity contribution >= 4 is 11.6 Å². The quantitative estimate of drug-likeness (QED) is 0.804. The maximum atomic E-state index is 12.3. The minimum absolute atomic E-state index is 0.0883. The van der Waals surface area contributed by atoms with E-state index in [4.69, 9.17) is 5.73 Å². The van der Waals surface area contributed by atoms with Crippen LogP contribution in [0.4, 0.5) is 5.69 Å². The Labute approximate surface area is 123 Å². The third-order valence-electron chi connectivity index (χ3n) is 4.03. The largest absolute Gasteiger partial charge is 0.324 e. The van der Waals surface area contributed by atoms with E-state index >= 15 is 0 Å². The number of hydrogen-bond donors (Lipinski definition) is 3. The Morgan fingerprint density at radius 1 is 1.19 bits per heavy atom. The van der Waals surface area contributed by atoms with Gasteiger partial charge >= 0.3 is 0 Å². The zero-order chi connectivity index (χ0) is 14.7. The molecule has 0 saturated heterocycles. The van der Waals surface area contributed by atoms with Crippen LogP contribution >= 0.6 is 0 Å². The summed E-state index contributed by atoms with van der Waals surface area (Å²) < 4.78 is 0. The molecule has 0 radical (unpaired) electrons. The number of amides is 1. The second-order valence-corrected chi connectivity index (χ2v) is 5.58. The smallest absolute Gasteiger partial charge is 0.244 e. The van der Waals surface area contributed by atoms with Crippen molar-refractivity contribution in [3.05, 3.63) is 30.6 Å². The maximum Gasteiger partial charge on any atom is 0.244 e. The standard InChI is InChI=1S/C15H19N5O/c16-15(8-2-1-3-9-15)14(21)19-12-6-4-11(5-7-12)13-17-10-18-20-13/h4-7,10H,1-3,8-9,16H2,(H,19,21)(H,17,18,20). The Balaban J connectivity index is 1.69. The summed E-state index contributed by atoms with van der Waals surface area (Å²) in [6, 6.07) is 7.48. The van der Waals surface area contributed by atoms with E-state index in [0.29, 0.717) is 5.82 Å². The van der Waals surface area contributed by atoms with E-state index < -0.39 is 5.54 Å². The van der Waals surface area contributed by atoms with Crippen LogP contribution in [-0.4, -0.2) is 26.6 Å². The number of hydrogen-bond acceptors (Lipinski definition) is 4. The minimum atomic E-state index is -0.720. The number of anilines is 1. The van der Waals surface area contributed by atoms with Crippen molar-refractivity contribution in [2.45, 2.75) is 37.6 Å². The average molecular weight is 285 g/mol. The number of aromatic amines is 1. The molecule has 6 heteroatoms. The Hall–Kier alpha value is -2.21. The maximum absolute atomic E-state index is 12.3. The van der Waals surface area contributed by atoms with E-state index in [1.807, 2.05) is 24.3 Å². The lowest BCUT2D eigenvalue weighted by Crippen LogP contribution is -2.52. The summed E-state index contributed by atoms with van der Waals surface area (Å²) in [5, 5.41) is 9.53. The van der Waals surface area contributed by atoms with Crippen LogP contribution in [0.25, 0.3) is 11.4 Å². The van der Waals surface area contributed by atoms with Gasteiger partial charge in [0.25, 0.3) is 0 Å². The fraction of sp³-hybridized carbons (Fsp3) is 0.400. The molecule has 2 aromatic rings. The van der Waals surface area contributed by atoms with Gasteiger partial charge in [-0.1, -0.05) is 19.3 Å².